The maximum atomic E-state index is 11.8. The monoisotopic (exact) mass is 441 g/mol. The molecule has 12 nitrogen and oxygen atoms in total. The maximum absolute atomic E-state index is 11.8. The summed E-state index contributed by atoms with van der Waals surface area (Å²) < 4.78 is 0. The lowest BCUT2D eigenvalue weighted by Crippen LogP contribution is -2.30. The second kappa shape index (κ2) is 11.3. The number of nitrogen functional groups attached to an aromatic ring is 1. The first-order chi connectivity index (χ1) is 15.2. The van der Waals surface area contributed by atoms with E-state index in [-0.39, 0.29) is 35.7 Å². The average molecular weight is 441 g/mol. The molecule has 3 aromatic rings. The number of nitrogens with zero attached hydrogens (tertiary/aromatic N) is 3. The van der Waals surface area contributed by atoms with Crippen LogP contribution in [-0.2, 0) is 16.1 Å². The fourth-order valence-corrected chi connectivity index (χ4v) is 2.41. The number of hydrogen-bond donors (Lipinski definition) is 5. The van der Waals surface area contributed by atoms with Crippen LogP contribution in [0.25, 0.3) is 11.2 Å². The molecular formula is C20H23N7O5. The molecule has 0 amide bonds. The number of aromatic nitrogens is 4. The second-order valence-corrected chi connectivity index (χ2v) is 6.76. The zero-order valence-electron chi connectivity index (χ0n) is 17.2. The number of carboxylic acid groups (broad SMARTS) is 1. The number of anilines is 2. The van der Waals surface area contributed by atoms with Gasteiger partial charge in [-0.05, 0) is 37.6 Å². The molecule has 2 heterocycles. The Kier molecular flexibility index (Phi) is 8.48. The van der Waals surface area contributed by atoms with Crippen molar-refractivity contribution >= 4 is 40.8 Å². The van der Waals surface area contributed by atoms with Crippen LogP contribution in [0.4, 0.5) is 11.6 Å². The van der Waals surface area contributed by atoms with E-state index in [1.165, 1.54) is 13.1 Å². The molecule has 1 aromatic carbocycles. The molecule has 1 atom stereocenters. The number of carbonyl (C=O) groups excluding carboxylic acids is 2. The predicted molar refractivity (Wildman–Crippen MR) is 117 cm³/mol. The molecule has 0 saturated carbocycles. The lowest BCUT2D eigenvalue weighted by molar-refractivity contribution is -0.138. The summed E-state index contributed by atoms with van der Waals surface area (Å²) in [5.41, 5.74) is 12.5. The van der Waals surface area contributed by atoms with E-state index in [2.05, 4.69) is 25.3 Å². The average Bonchev–Trinajstić information content (AvgIpc) is 2.76. The minimum Gasteiger partial charge on any atom is -0.480 e. The Balaban J connectivity index is 0.000000309. The van der Waals surface area contributed by atoms with E-state index in [1.807, 2.05) is 0 Å². The van der Waals surface area contributed by atoms with Gasteiger partial charge in [-0.15, -0.1) is 0 Å². The number of hydrogen-bond acceptors (Lipinski definition) is 10. The van der Waals surface area contributed by atoms with Crippen molar-refractivity contribution in [2.75, 3.05) is 11.1 Å². The van der Waals surface area contributed by atoms with Crippen molar-refractivity contribution < 1.29 is 19.5 Å². The van der Waals surface area contributed by atoms with Crippen LogP contribution in [-0.4, -0.2) is 49.1 Å². The highest BCUT2D eigenvalue weighted by atomic mass is 16.4. The highest BCUT2D eigenvalue weighted by molar-refractivity contribution is 5.78. The number of nitrogens with one attached hydrogen (secondary N) is 2. The highest BCUT2D eigenvalue weighted by Gasteiger charge is 2.11. The Morgan fingerprint density at radius 3 is 2.53 bits per heavy atom. The van der Waals surface area contributed by atoms with Crippen molar-refractivity contribution in [1.29, 1.82) is 0 Å². The van der Waals surface area contributed by atoms with Crippen LogP contribution < -0.4 is 22.3 Å². The Morgan fingerprint density at radius 2 is 1.94 bits per heavy atom. The Labute approximate surface area is 182 Å². The van der Waals surface area contributed by atoms with Gasteiger partial charge in [0.15, 0.2) is 11.2 Å². The molecule has 1 unspecified atom stereocenters. The number of nitrogens with two attached hydrogens (primary N) is 2. The van der Waals surface area contributed by atoms with E-state index in [0.717, 1.165) is 12.0 Å². The van der Waals surface area contributed by atoms with Crippen molar-refractivity contribution in [3.05, 3.63) is 52.1 Å². The van der Waals surface area contributed by atoms with Crippen molar-refractivity contribution in [2.45, 2.75) is 32.4 Å². The van der Waals surface area contributed by atoms with E-state index in [9.17, 15) is 19.2 Å². The minimum atomic E-state index is -1.05. The zero-order valence-corrected chi connectivity index (χ0v) is 17.2. The molecule has 0 aliphatic rings. The first kappa shape index (κ1) is 24.1. The van der Waals surface area contributed by atoms with Crippen molar-refractivity contribution in [3.8, 4) is 0 Å². The molecule has 0 spiro atoms. The lowest BCUT2D eigenvalue weighted by Gasteiger charge is -2.06. The van der Waals surface area contributed by atoms with E-state index in [1.54, 1.807) is 24.3 Å². The largest absolute Gasteiger partial charge is 0.480 e. The first-order valence-electron chi connectivity index (χ1n) is 9.48. The topological polar surface area (TPSA) is 207 Å². The van der Waals surface area contributed by atoms with E-state index in [0.29, 0.717) is 17.8 Å². The normalized spacial score (nSPS) is 11.2. The van der Waals surface area contributed by atoms with Crippen LogP contribution in [0.2, 0.25) is 0 Å². The summed E-state index contributed by atoms with van der Waals surface area (Å²) >= 11 is 0. The van der Waals surface area contributed by atoms with Crippen LogP contribution in [0.5, 0.6) is 0 Å². The summed E-state index contributed by atoms with van der Waals surface area (Å²) in [6.45, 7) is 1.79. The summed E-state index contributed by atoms with van der Waals surface area (Å²) in [5.74, 6) is -1.08. The molecule has 0 saturated heterocycles. The molecule has 0 radical (unpaired) electrons. The third kappa shape index (κ3) is 7.25. The van der Waals surface area contributed by atoms with Gasteiger partial charge in [0, 0.05) is 17.7 Å². The second-order valence-electron chi connectivity index (χ2n) is 6.76. The number of aldehydes is 1. The molecule has 0 aliphatic carbocycles. The molecule has 12 heteroatoms. The van der Waals surface area contributed by atoms with E-state index in [4.69, 9.17) is 16.6 Å². The summed E-state index contributed by atoms with van der Waals surface area (Å²) in [4.78, 5) is 57.4. The van der Waals surface area contributed by atoms with E-state index < -0.39 is 17.6 Å². The van der Waals surface area contributed by atoms with Gasteiger partial charge in [-0.1, -0.05) is 0 Å². The fraction of sp³-hybridized carbons (Fsp3) is 0.250. The Hall–Kier alpha value is -4.19. The molecule has 168 valence electrons. The number of rotatable bonds is 8. The Bertz CT molecular complexity index is 1160. The van der Waals surface area contributed by atoms with Crippen LogP contribution in [0.15, 0.2) is 35.3 Å². The zero-order chi connectivity index (χ0) is 23.7. The maximum Gasteiger partial charge on any atom is 0.320 e. The van der Waals surface area contributed by atoms with Gasteiger partial charge in [-0.25, -0.2) is 9.97 Å². The number of carbonyl (C=O) groups is 3. The first-order valence-corrected chi connectivity index (χ1v) is 9.48. The standard InChI is InChI=1S/C14H12N6O2.C6H11NO3/c15-14-19-12-11(13(22)20-14)18-10(6-17-12)5-16-9-3-1-8(7-21)2-4-9;1-4(8)2-3-5(7)6(9)10/h1-4,6-7,16H,5H2,(H3,15,17,19,20,22);5H,2-3,7H2,1H3,(H,9,10). The molecule has 7 N–H and O–H groups in total. The van der Waals surface area contributed by atoms with Crippen molar-refractivity contribution in [1.82, 2.24) is 19.9 Å². The van der Waals surface area contributed by atoms with Gasteiger partial charge >= 0.3 is 5.97 Å². The van der Waals surface area contributed by atoms with Gasteiger partial charge in [0.1, 0.15) is 18.1 Å². The van der Waals surface area contributed by atoms with Gasteiger partial charge in [0.25, 0.3) is 5.56 Å². The van der Waals surface area contributed by atoms with E-state index >= 15 is 0 Å². The quantitative estimate of drug-likeness (QED) is 0.304. The highest BCUT2D eigenvalue weighted by Crippen LogP contribution is 2.10. The smallest absolute Gasteiger partial charge is 0.320 e. The molecule has 0 fully saturated rings. The molecule has 32 heavy (non-hydrogen) atoms. The van der Waals surface area contributed by atoms with Crippen LogP contribution in [0, 0.1) is 0 Å². The van der Waals surface area contributed by atoms with Crippen LogP contribution >= 0.6 is 0 Å². The number of carboxylic acids is 1. The number of benzene rings is 1. The molecular weight excluding hydrogens is 418 g/mol. The molecule has 2 aromatic heterocycles. The summed E-state index contributed by atoms with van der Waals surface area (Å²) in [5, 5.41) is 11.4. The predicted octanol–water partition coefficient (Wildman–Crippen LogP) is 0.487. The number of H-pyrrole nitrogens is 1. The summed E-state index contributed by atoms with van der Waals surface area (Å²) in [6.07, 6.45) is 2.78. The Morgan fingerprint density at radius 1 is 1.25 bits per heavy atom. The van der Waals surface area contributed by atoms with Gasteiger partial charge in [-0.3, -0.25) is 19.4 Å². The van der Waals surface area contributed by atoms with Gasteiger partial charge in [0.05, 0.1) is 18.4 Å². The summed E-state index contributed by atoms with van der Waals surface area (Å²) in [6, 6.07) is 6.09. The number of aliphatic carboxylic acids is 1. The lowest BCUT2D eigenvalue weighted by atomic mass is 10.1. The number of fused-ring (bicyclic) bond motifs is 1. The minimum absolute atomic E-state index is 0.00735. The SMILES string of the molecule is CC(=O)CCC(N)C(=O)O.Nc1nc2ncc(CNc3ccc(C=O)cc3)nc2c(=O)[nH]1. The van der Waals surface area contributed by atoms with Crippen LogP contribution in [0.1, 0.15) is 35.8 Å². The van der Waals surface area contributed by atoms with Crippen molar-refractivity contribution in [3.63, 3.8) is 0 Å². The molecule has 3 rings (SSSR count). The third-order valence-corrected chi connectivity index (χ3v) is 4.13. The van der Waals surface area contributed by atoms with Gasteiger partial charge < -0.3 is 26.7 Å². The van der Waals surface area contributed by atoms with Crippen molar-refractivity contribution in [2.24, 2.45) is 5.73 Å². The molecule has 0 aliphatic heterocycles. The molecule has 0 bridgehead atoms. The third-order valence-electron chi connectivity index (χ3n) is 4.13. The fourth-order valence-electron chi connectivity index (χ4n) is 2.41. The number of Topliss-reactive ketones (excluding diaryl/α,β-unsaturated/α-hetero) is 1. The summed E-state index contributed by atoms with van der Waals surface area (Å²) in [7, 11) is 0. The number of aromatic amines is 1. The number of ketones is 1. The van der Waals surface area contributed by atoms with Gasteiger partial charge in [-0.2, -0.15) is 4.98 Å². The van der Waals surface area contributed by atoms with Gasteiger partial charge in [0.2, 0.25) is 5.95 Å². The van der Waals surface area contributed by atoms with Crippen LogP contribution in [0.3, 0.4) is 0 Å².